The number of hydrogen-bond acceptors (Lipinski definition) is 4. The van der Waals surface area contributed by atoms with Crippen LogP contribution in [0.1, 0.15) is 34.1 Å². The van der Waals surface area contributed by atoms with Crippen LogP contribution in [0.15, 0.2) is 4.99 Å². The molecule has 0 saturated carbocycles. The maximum absolute atomic E-state index is 11.8. The summed E-state index contributed by atoms with van der Waals surface area (Å²) < 4.78 is 4.86. The fraction of sp³-hybridized carbons (Fsp3) is 0.812. The van der Waals surface area contributed by atoms with Crippen LogP contribution >= 0.6 is 24.0 Å². The second kappa shape index (κ2) is 11.5. The first-order chi connectivity index (χ1) is 10.9. The van der Waals surface area contributed by atoms with E-state index in [-0.39, 0.29) is 53.7 Å². The monoisotopic (exact) mass is 454 g/mol. The summed E-state index contributed by atoms with van der Waals surface area (Å²) in [5.74, 6) is 0.667. The first-order valence-corrected chi connectivity index (χ1v) is 8.29. The number of esters is 1. The summed E-state index contributed by atoms with van der Waals surface area (Å²) >= 11 is 0. The zero-order chi connectivity index (χ0) is 17.4. The number of ether oxygens (including phenoxy) is 1. The van der Waals surface area contributed by atoms with Gasteiger partial charge in [-0.3, -0.25) is 14.6 Å². The SMILES string of the molecule is CCNC(=NCCC(=O)NC(C)C)N1CC(C)C(C(=O)OC)C1.I. The Hall–Kier alpha value is -1.06. The lowest BCUT2D eigenvalue weighted by molar-refractivity contribution is -0.146. The molecule has 0 spiro atoms. The Morgan fingerprint density at radius 3 is 2.54 bits per heavy atom. The lowest BCUT2D eigenvalue weighted by Gasteiger charge is -2.21. The molecule has 1 fully saturated rings. The van der Waals surface area contributed by atoms with Crippen LogP contribution in [0.2, 0.25) is 0 Å². The van der Waals surface area contributed by atoms with E-state index in [1.54, 1.807) is 0 Å². The van der Waals surface area contributed by atoms with Gasteiger partial charge in [0.15, 0.2) is 5.96 Å². The molecular formula is C16H31IN4O3. The van der Waals surface area contributed by atoms with Crippen molar-refractivity contribution >= 4 is 41.8 Å². The van der Waals surface area contributed by atoms with Crippen LogP contribution in [-0.2, 0) is 14.3 Å². The molecule has 8 heteroatoms. The van der Waals surface area contributed by atoms with E-state index in [1.807, 2.05) is 27.7 Å². The van der Waals surface area contributed by atoms with E-state index in [0.29, 0.717) is 19.5 Å². The fourth-order valence-electron chi connectivity index (χ4n) is 2.68. The summed E-state index contributed by atoms with van der Waals surface area (Å²) in [4.78, 5) is 30.0. The van der Waals surface area contributed by atoms with Crippen molar-refractivity contribution < 1.29 is 14.3 Å². The predicted molar refractivity (Wildman–Crippen MR) is 106 cm³/mol. The second-order valence-corrected chi connectivity index (χ2v) is 6.22. The Kier molecular flexibility index (Phi) is 11.0. The summed E-state index contributed by atoms with van der Waals surface area (Å²) in [6.45, 7) is 10.4. The molecule has 0 aromatic heterocycles. The topological polar surface area (TPSA) is 83.0 Å². The van der Waals surface area contributed by atoms with Gasteiger partial charge in [-0.1, -0.05) is 6.92 Å². The molecule has 0 aromatic rings. The van der Waals surface area contributed by atoms with Crippen molar-refractivity contribution in [2.75, 3.05) is 33.3 Å². The van der Waals surface area contributed by atoms with Gasteiger partial charge in [0, 0.05) is 32.1 Å². The van der Waals surface area contributed by atoms with E-state index in [2.05, 4.69) is 20.5 Å². The summed E-state index contributed by atoms with van der Waals surface area (Å²) in [5.41, 5.74) is 0. The third-order valence-electron chi connectivity index (χ3n) is 3.80. The van der Waals surface area contributed by atoms with Gasteiger partial charge in [-0.05, 0) is 26.7 Å². The largest absolute Gasteiger partial charge is 0.469 e. The molecule has 1 saturated heterocycles. The highest BCUT2D eigenvalue weighted by molar-refractivity contribution is 14.0. The van der Waals surface area contributed by atoms with Crippen LogP contribution in [0.3, 0.4) is 0 Å². The van der Waals surface area contributed by atoms with Gasteiger partial charge in [-0.15, -0.1) is 24.0 Å². The van der Waals surface area contributed by atoms with Crippen molar-refractivity contribution in [1.82, 2.24) is 15.5 Å². The quantitative estimate of drug-likeness (QED) is 0.273. The second-order valence-electron chi connectivity index (χ2n) is 6.22. The molecule has 2 atom stereocenters. The smallest absolute Gasteiger partial charge is 0.310 e. The van der Waals surface area contributed by atoms with E-state index in [0.717, 1.165) is 19.0 Å². The Balaban J connectivity index is 0.00000529. The highest BCUT2D eigenvalue weighted by atomic mass is 127. The lowest BCUT2D eigenvalue weighted by atomic mass is 9.99. The van der Waals surface area contributed by atoms with Crippen LogP contribution in [0, 0.1) is 11.8 Å². The van der Waals surface area contributed by atoms with E-state index in [4.69, 9.17) is 4.74 Å². The maximum Gasteiger partial charge on any atom is 0.310 e. The first-order valence-electron chi connectivity index (χ1n) is 8.29. The summed E-state index contributed by atoms with van der Waals surface area (Å²) in [7, 11) is 1.42. The van der Waals surface area contributed by atoms with E-state index in [1.165, 1.54) is 7.11 Å². The molecule has 24 heavy (non-hydrogen) atoms. The predicted octanol–water partition coefficient (Wildman–Crippen LogP) is 1.23. The van der Waals surface area contributed by atoms with Gasteiger partial charge in [0.05, 0.1) is 19.6 Å². The van der Waals surface area contributed by atoms with Gasteiger partial charge in [0.2, 0.25) is 5.91 Å². The van der Waals surface area contributed by atoms with E-state index < -0.39 is 0 Å². The number of hydrogen-bond donors (Lipinski definition) is 2. The number of methoxy groups -OCH3 is 1. The molecule has 1 heterocycles. The number of carbonyl (C=O) groups excluding carboxylic acids is 2. The third kappa shape index (κ3) is 7.23. The minimum absolute atomic E-state index is 0. The average Bonchev–Trinajstić information content (AvgIpc) is 2.86. The van der Waals surface area contributed by atoms with Gasteiger partial charge in [-0.25, -0.2) is 0 Å². The number of amides is 1. The minimum atomic E-state index is -0.174. The first kappa shape index (κ1) is 22.9. The van der Waals surface area contributed by atoms with Crippen molar-refractivity contribution in [2.24, 2.45) is 16.8 Å². The van der Waals surface area contributed by atoms with Crippen LogP contribution < -0.4 is 10.6 Å². The summed E-state index contributed by atoms with van der Waals surface area (Å²) in [6, 6.07) is 0.139. The summed E-state index contributed by atoms with van der Waals surface area (Å²) in [5, 5.41) is 6.08. The molecule has 1 aliphatic rings. The Labute approximate surface area is 162 Å². The average molecular weight is 454 g/mol. The molecule has 0 bridgehead atoms. The van der Waals surface area contributed by atoms with Crippen molar-refractivity contribution in [3.63, 3.8) is 0 Å². The van der Waals surface area contributed by atoms with Gasteiger partial charge in [-0.2, -0.15) is 0 Å². The normalized spacial score (nSPS) is 20.6. The van der Waals surface area contributed by atoms with Crippen LogP contribution in [0.25, 0.3) is 0 Å². The van der Waals surface area contributed by atoms with Gasteiger partial charge >= 0.3 is 5.97 Å². The number of carbonyl (C=O) groups is 2. The molecule has 0 radical (unpaired) electrons. The Morgan fingerprint density at radius 1 is 1.33 bits per heavy atom. The number of halogens is 1. The Morgan fingerprint density at radius 2 is 2.00 bits per heavy atom. The molecule has 2 unspecified atom stereocenters. The zero-order valence-electron chi connectivity index (χ0n) is 15.3. The van der Waals surface area contributed by atoms with Gasteiger partial charge in [0.25, 0.3) is 0 Å². The van der Waals surface area contributed by atoms with Crippen molar-refractivity contribution in [3.8, 4) is 0 Å². The van der Waals surface area contributed by atoms with E-state index in [9.17, 15) is 9.59 Å². The number of likely N-dealkylation sites (tertiary alicyclic amines) is 1. The highest BCUT2D eigenvalue weighted by Gasteiger charge is 2.36. The highest BCUT2D eigenvalue weighted by Crippen LogP contribution is 2.24. The number of nitrogens with one attached hydrogen (secondary N) is 2. The zero-order valence-corrected chi connectivity index (χ0v) is 17.6. The van der Waals surface area contributed by atoms with Crippen LogP contribution in [0.5, 0.6) is 0 Å². The molecule has 2 N–H and O–H groups in total. The number of rotatable bonds is 6. The molecule has 0 aliphatic carbocycles. The van der Waals surface area contributed by atoms with Crippen molar-refractivity contribution in [2.45, 2.75) is 40.2 Å². The maximum atomic E-state index is 11.8. The van der Waals surface area contributed by atoms with Crippen LogP contribution in [-0.4, -0.2) is 62.1 Å². The fourth-order valence-corrected chi connectivity index (χ4v) is 2.68. The molecule has 7 nitrogen and oxygen atoms in total. The summed E-state index contributed by atoms with van der Waals surface area (Å²) in [6.07, 6.45) is 0.358. The van der Waals surface area contributed by atoms with E-state index >= 15 is 0 Å². The molecule has 1 amide bonds. The Bertz CT molecular complexity index is 443. The van der Waals surface area contributed by atoms with Crippen LogP contribution in [0.4, 0.5) is 0 Å². The molecule has 0 aromatic carbocycles. The third-order valence-corrected chi connectivity index (χ3v) is 3.80. The van der Waals surface area contributed by atoms with Crippen molar-refractivity contribution in [1.29, 1.82) is 0 Å². The molecule has 1 rings (SSSR count). The van der Waals surface area contributed by atoms with Gasteiger partial charge in [0.1, 0.15) is 0 Å². The minimum Gasteiger partial charge on any atom is -0.469 e. The molecule has 1 aliphatic heterocycles. The molecular weight excluding hydrogens is 423 g/mol. The van der Waals surface area contributed by atoms with Crippen molar-refractivity contribution in [3.05, 3.63) is 0 Å². The lowest BCUT2D eigenvalue weighted by Crippen LogP contribution is -2.41. The number of nitrogens with zero attached hydrogens (tertiary/aromatic N) is 2. The number of guanidine groups is 1. The van der Waals surface area contributed by atoms with Gasteiger partial charge < -0.3 is 20.3 Å². The standard InChI is InChI=1S/C16H30N4O3.HI/c1-6-17-16(18-8-7-14(21)19-11(2)3)20-9-12(4)13(10-20)15(22)23-5;/h11-13H,6-10H2,1-5H3,(H,17,18)(H,19,21);1H. The molecule has 140 valence electrons. The number of aliphatic imine (C=N–C) groups is 1.